The summed E-state index contributed by atoms with van der Waals surface area (Å²) in [6, 6.07) is 12.6. The minimum atomic E-state index is -1.45. The smallest absolute Gasteiger partial charge is 0.126 e. The molecule has 0 aromatic heterocycles. The zero-order chi connectivity index (χ0) is 19.8. The number of hydrogen-bond donors (Lipinski definition) is 4. The number of halogens is 1. The third-order valence-corrected chi connectivity index (χ3v) is 6.77. The van der Waals surface area contributed by atoms with E-state index in [9.17, 15) is 24.8 Å². The van der Waals surface area contributed by atoms with Crippen LogP contribution in [-0.4, -0.2) is 56.7 Å². The average molecular weight is 406 g/mol. The van der Waals surface area contributed by atoms with E-state index in [-0.39, 0.29) is 11.1 Å². The highest BCUT2D eigenvalue weighted by atomic mass is 32.2. The summed E-state index contributed by atoms with van der Waals surface area (Å²) in [6.07, 6.45) is -4.80. The molecule has 5 nitrogen and oxygen atoms in total. The van der Waals surface area contributed by atoms with Gasteiger partial charge >= 0.3 is 0 Å². The standard InChI is InChI=1S/C21H23FO5S/c22-15-6-5-12(21-20(26)19(25)18(24)16(10-23)27-21)7-13(15)9-14-8-11-3-1-2-4-17(11)28-14/h1-7,14,16,18-21,23-26H,8-10H2/t14?,16-,18-,19+,20-,21+/m1/s1. The summed E-state index contributed by atoms with van der Waals surface area (Å²) < 4.78 is 20.1. The van der Waals surface area contributed by atoms with Gasteiger partial charge < -0.3 is 25.2 Å². The molecular weight excluding hydrogens is 383 g/mol. The molecular formula is C21H23FO5S. The predicted molar refractivity (Wildman–Crippen MR) is 103 cm³/mol. The molecule has 2 aromatic carbocycles. The van der Waals surface area contributed by atoms with Gasteiger partial charge in [0.25, 0.3) is 0 Å². The lowest BCUT2D eigenvalue weighted by Gasteiger charge is -2.40. The van der Waals surface area contributed by atoms with E-state index in [2.05, 4.69) is 12.1 Å². The van der Waals surface area contributed by atoms with Crippen LogP contribution in [0.1, 0.15) is 22.8 Å². The Morgan fingerprint density at radius 3 is 2.57 bits per heavy atom. The van der Waals surface area contributed by atoms with Gasteiger partial charge in [-0.15, -0.1) is 11.8 Å². The molecule has 4 rings (SSSR count). The second-order valence-corrected chi connectivity index (χ2v) is 8.70. The zero-order valence-corrected chi connectivity index (χ0v) is 15.9. The first-order chi connectivity index (χ1) is 13.5. The van der Waals surface area contributed by atoms with Gasteiger partial charge in [-0.05, 0) is 41.7 Å². The number of ether oxygens (including phenoxy) is 1. The summed E-state index contributed by atoms with van der Waals surface area (Å²) in [6.45, 7) is -0.494. The highest BCUT2D eigenvalue weighted by molar-refractivity contribution is 8.00. The van der Waals surface area contributed by atoms with Crippen LogP contribution < -0.4 is 0 Å². The molecule has 28 heavy (non-hydrogen) atoms. The van der Waals surface area contributed by atoms with Crippen LogP contribution in [0.4, 0.5) is 4.39 Å². The van der Waals surface area contributed by atoms with Gasteiger partial charge in [0.15, 0.2) is 0 Å². The molecule has 1 saturated heterocycles. The van der Waals surface area contributed by atoms with E-state index < -0.39 is 37.1 Å². The Morgan fingerprint density at radius 1 is 1.04 bits per heavy atom. The van der Waals surface area contributed by atoms with Crippen LogP contribution in [0.2, 0.25) is 0 Å². The maximum Gasteiger partial charge on any atom is 0.126 e. The molecule has 0 amide bonds. The number of hydrogen-bond acceptors (Lipinski definition) is 6. The molecule has 150 valence electrons. The summed E-state index contributed by atoms with van der Waals surface area (Å²) >= 11 is 1.73. The maximum atomic E-state index is 14.5. The molecule has 2 aliphatic heterocycles. The second-order valence-electron chi connectivity index (χ2n) is 7.36. The van der Waals surface area contributed by atoms with Crippen molar-refractivity contribution in [1.82, 2.24) is 0 Å². The molecule has 0 saturated carbocycles. The van der Waals surface area contributed by atoms with Gasteiger partial charge in [-0.25, -0.2) is 4.39 Å². The summed E-state index contributed by atoms with van der Waals surface area (Å²) in [4.78, 5) is 1.22. The van der Waals surface area contributed by atoms with E-state index in [0.29, 0.717) is 17.5 Å². The predicted octanol–water partition coefficient (Wildman–Crippen LogP) is 1.60. The topological polar surface area (TPSA) is 90.2 Å². The van der Waals surface area contributed by atoms with Crippen LogP contribution in [0, 0.1) is 5.82 Å². The lowest BCUT2D eigenvalue weighted by atomic mass is 9.90. The Kier molecular flexibility index (Phi) is 5.73. The normalized spacial score (nSPS) is 32.3. The highest BCUT2D eigenvalue weighted by Gasteiger charge is 2.44. The average Bonchev–Trinajstić information content (AvgIpc) is 3.11. The van der Waals surface area contributed by atoms with Crippen LogP contribution in [0.5, 0.6) is 0 Å². The lowest BCUT2D eigenvalue weighted by Crippen LogP contribution is -2.55. The van der Waals surface area contributed by atoms with E-state index in [1.54, 1.807) is 17.8 Å². The largest absolute Gasteiger partial charge is 0.394 e. The van der Waals surface area contributed by atoms with E-state index in [1.165, 1.54) is 22.6 Å². The van der Waals surface area contributed by atoms with Gasteiger partial charge in [-0.2, -0.15) is 0 Å². The molecule has 0 radical (unpaired) electrons. The van der Waals surface area contributed by atoms with Gasteiger partial charge in [-0.3, -0.25) is 0 Å². The first-order valence-corrected chi connectivity index (χ1v) is 10.2. The van der Waals surface area contributed by atoms with Crippen molar-refractivity contribution in [3.63, 3.8) is 0 Å². The van der Waals surface area contributed by atoms with Gasteiger partial charge in [0.05, 0.1) is 6.61 Å². The zero-order valence-electron chi connectivity index (χ0n) is 15.1. The second kappa shape index (κ2) is 8.10. The number of aliphatic hydroxyl groups excluding tert-OH is 4. The molecule has 2 aromatic rings. The monoisotopic (exact) mass is 406 g/mol. The molecule has 0 bridgehead atoms. The van der Waals surface area contributed by atoms with Gasteiger partial charge in [0.1, 0.15) is 36.3 Å². The summed E-state index contributed by atoms with van der Waals surface area (Å²) in [5, 5.41) is 39.9. The Labute approximate surface area is 166 Å². The quantitative estimate of drug-likeness (QED) is 0.617. The third kappa shape index (κ3) is 3.70. The van der Waals surface area contributed by atoms with E-state index in [0.717, 1.165) is 6.42 Å². The Bertz CT molecular complexity index is 820. The van der Waals surface area contributed by atoms with Crippen LogP contribution in [-0.2, 0) is 17.6 Å². The van der Waals surface area contributed by atoms with Crippen molar-refractivity contribution in [1.29, 1.82) is 0 Å². The molecule has 6 atom stereocenters. The lowest BCUT2D eigenvalue weighted by molar-refractivity contribution is -0.231. The third-order valence-electron chi connectivity index (χ3n) is 5.45. The van der Waals surface area contributed by atoms with Crippen LogP contribution in [0.25, 0.3) is 0 Å². The van der Waals surface area contributed by atoms with Crippen LogP contribution in [0.15, 0.2) is 47.4 Å². The number of benzene rings is 2. The summed E-state index contributed by atoms with van der Waals surface area (Å²) in [7, 11) is 0. The van der Waals surface area contributed by atoms with Gasteiger partial charge in [-0.1, -0.05) is 30.3 Å². The summed E-state index contributed by atoms with van der Waals surface area (Å²) in [5.41, 5.74) is 2.29. The van der Waals surface area contributed by atoms with Crippen molar-refractivity contribution in [2.24, 2.45) is 0 Å². The number of rotatable bonds is 4. The fraction of sp³-hybridized carbons (Fsp3) is 0.429. The molecule has 0 aliphatic carbocycles. The van der Waals surface area contributed by atoms with E-state index in [4.69, 9.17) is 4.74 Å². The van der Waals surface area contributed by atoms with Gasteiger partial charge in [0.2, 0.25) is 0 Å². The van der Waals surface area contributed by atoms with E-state index in [1.807, 2.05) is 12.1 Å². The summed E-state index contributed by atoms with van der Waals surface area (Å²) in [5.74, 6) is -0.329. The molecule has 7 heteroatoms. The fourth-order valence-corrected chi connectivity index (χ4v) is 5.26. The minimum absolute atomic E-state index is 0.219. The van der Waals surface area contributed by atoms with Crippen molar-refractivity contribution >= 4 is 11.8 Å². The number of fused-ring (bicyclic) bond motifs is 1. The van der Waals surface area contributed by atoms with Crippen molar-refractivity contribution in [2.75, 3.05) is 6.61 Å². The Morgan fingerprint density at radius 2 is 1.82 bits per heavy atom. The van der Waals surface area contributed by atoms with Crippen molar-refractivity contribution in [3.05, 3.63) is 65.0 Å². The molecule has 1 unspecified atom stereocenters. The van der Waals surface area contributed by atoms with Crippen molar-refractivity contribution in [3.8, 4) is 0 Å². The van der Waals surface area contributed by atoms with E-state index >= 15 is 0 Å². The Hall–Kier alpha value is -1.48. The number of thioether (sulfide) groups is 1. The number of aliphatic hydroxyl groups is 4. The van der Waals surface area contributed by atoms with Crippen molar-refractivity contribution in [2.45, 2.75) is 53.5 Å². The minimum Gasteiger partial charge on any atom is -0.394 e. The van der Waals surface area contributed by atoms with Crippen LogP contribution in [0.3, 0.4) is 0 Å². The van der Waals surface area contributed by atoms with Crippen LogP contribution >= 0.6 is 11.8 Å². The fourth-order valence-electron chi connectivity index (χ4n) is 3.92. The molecule has 2 heterocycles. The SMILES string of the molecule is OC[C@H]1O[C@@H](c2ccc(F)c(CC3Cc4ccccc4S3)c2)[C@H](O)[C@@H](O)[C@@H]1O. The Balaban J connectivity index is 1.54. The maximum absolute atomic E-state index is 14.5. The molecule has 0 spiro atoms. The molecule has 1 fully saturated rings. The molecule has 4 N–H and O–H groups in total. The first-order valence-electron chi connectivity index (χ1n) is 9.31. The highest BCUT2D eigenvalue weighted by Crippen LogP contribution is 2.39. The molecule has 2 aliphatic rings. The van der Waals surface area contributed by atoms with Gasteiger partial charge in [0, 0.05) is 10.1 Å². The first kappa shape index (κ1) is 19.8. The van der Waals surface area contributed by atoms with Crippen molar-refractivity contribution < 1.29 is 29.6 Å².